The van der Waals surface area contributed by atoms with E-state index >= 15 is 0 Å². The van der Waals surface area contributed by atoms with E-state index in [2.05, 4.69) is 0 Å². The van der Waals surface area contributed by atoms with E-state index in [0.717, 1.165) is 0 Å². The van der Waals surface area contributed by atoms with Crippen molar-refractivity contribution in [3.63, 3.8) is 0 Å². The molecule has 0 amide bonds. The highest BCUT2D eigenvalue weighted by atomic mass is 16.6. The molecule has 96 valence electrons. The fraction of sp³-hybridized carbons (Fsp3) is 0.0714. The molecule has 0 unspecified atom stereocenters. The smallest absolute Gasteiger partial charge is 0.336 e. The Morgan fingerprint density at radius 1 is 1.21 bits per heavy atom. The first-order valence-electron chi connectivity index (χ1n) is 5.58. The molecule has 0 heterocycles. The van der Waals surface area contributed by atoms with Crippen molar-refractivity contribution in [1.82, 2.24) is 0 Å². The Kier molecular flexibility index (Phi) is 3.29. The largest absolute Gasteiger partial charge is 0.478 e. The number of nitro benzene ring substituents is 1. The van der Waals surface area contributed by atoms with E-state index in [9.17, 15) is 14.9 Å². The Morgan fingerprint density at radius 3 is 2.47 bits per heavy atom. The molecule has 0 aliphatic heterocycles. The number of carboxylic acids is 1. The van der Waals surface area contributed by atoms with Gasteiger partial charge in [0.2, 0.25) is 0 Å². The molecule has 2 aromatic carbocycles. The Morgan fingerprint density at radius 2 is 1.89 bits per heavy atom. The predicted octanol–water partition coefficient (Wildman–Crippen LogP) is 3.27. The standard InChI is InChI=1S/C14H11NO4/c1-9-8-10(6-7-13(9)15(18)19)11-4-2-3-5-12(11)14(16)17/h2-8H,1H3,(H,16,17). The van der Waals surface area contributed by atoms with Crippen LogP contribution in [0.15, 0.2) is 42.5 Å². The second kappa shape index (κ2) is 4.89. The molecular weight excluding hydrogens is 246 g/mol. The van der Waals surface area contributed by atoms with Crippen LogP contribution < -0.4 is 0 Å². The number of hydrogen-bond acceptors (Lipinski definition) is 3. The lowest BCUT2D eigenvalue weighted by Crippen LogP contribution is -1.99. The van der Waals surface area contributed by atoms with Gasteiger partial charge in [0.05, 0.1) is 10.5 Å². The van der Waals surface area contributed by atoms with E-state index in [0.29, 0.717) is 16.7 Å². The van der Waals surface area contributed by atoms with Crippen molar-refractivity contribution in [2.75, 3.05) is 0 Å². The minimum atomic E-state index is -1.02. The van der Waals surface area contributed by atoms with Gasteiger partial charge in [0.1, 0.15) is 0 Å². The van der Waals surface area contributed by atoms with E-state index in [4.69, 9.17) is 5.11 Å². The molecule has 19 heavy (non-hydrogen) atoms. The van der Waals surface area contributed by atoms with Crippen LogP contribution in [0.5, 0.6) is 0 Å². The molecule has 0 aliphatic rings. The number of rotatable bonds is 3. The SMILES string of the molecule is Cc1cc(-c2ccccc2C(=O)O)ccc1[N+](=O)[O-]. The maximum Gasteiger partial charge on any atom is 0.336 e. The van der Waals surface area contributed by atoms with Gasteiger partial charge in [-0.1, -0.05) is 18.2 Å². The maximum absolute atomic E-state index is 11.1. The first-order valence-corrected chi connectivity index (χ1v) is 5.58. The minimum absolute atomic E-state index is 0.0246. The van der Waals surface area contributed by atoms with Crippen LogP contribution in [0.2, 0.25) is 0 Å². The summed E-state index contributed by atoms with van der Waals surface area (Å²) < 4.78 is 0. The number of carbonyl (C=O) groups is 1. The number of hydrogen-bond donors (Lipinski definition) is 1. The summed E-state index contributed by atoms with van der Waals surface area (Å²) in [5.74, 6) is -1.02. The zero-order chi connectivity index (χ0) is 14.0. The van der Waals surface area contributed by atoms with Gasteiger partial charge in [0.15, 0.2) is 0 Å². The van der Waals surface area contributed by atoms with Crippen molar-refractivity contribution < 1.29 is 14.8 Å². The van der Waals surface area contributed by atoms with Crippen molar-refractivity contribution in [3.8, 4) is 11.1 Å². The maximum atomic E-state index is 11.1. The second-order valence-electron chi connectivity index (χ2n) is 4.11. The Balaban J connectivity index is 2.57. The van der Waals surface area contributed by atoms with Crippen LogP contribution in [-0.4, -0.2) is 16.0 Å². The van der Waals surface area contributed by atoms with Crippen LogP contribution in [-0.2, 0) is 0 Å². The molecule has 2 aromatic rings. The van der Waals surface area contributed by atoms with Crippen molar-refractivity contribution in [2.24, 2.45) is 0 Å². The third kappa shape index (κ3) is 2.44. The van der Waals surface area contributed by atoms with E-state index in [1.165, 1.54) is 12.1 Å². The number of aryl methyl sites for hydroxylation is 1. The molecule has 0 saturated heterocycles. The van der Waals surface area contributed by atoms with Gasteiger partial charge in [-0.3, -0.25) is 10.1 Å². The third-order valence-corrected chi connectivity index (χ3v) is 2.86. The van der Waals surface area contributed by atoms with E-state index in [1.807, 2.05) is 0 Å². The van der Waals surface area contributed by atoms with Gasteiger partial charge in [-0.2, -0.15) is 0 Å². The predicted molar refractivity (Wildman–Crippen MR) is 70.2 cm³/mol. The van der Waals surface area contributed by atoms with Crippen LogP contribution >= 0.6 is 0 Å². The van der Waals surface area contributed by atoms with Crippen LogP contribution in [0.4, 0.5) is 5.69 Å². The molecule has 0 aliphatic carbocycles. The molecule has 0 aromatic heterocycles. The van der Waals surface area contributed by atoms with Crippen molar-refractivity contribution in [2.45, 2.75) is 6.92 Å². The Labute approximate surface area is 109 Å². The van der Waals surface area contributed by atoms with E-state index < -0.39 is 10.9 Å². The highest BCUT2D eigenvalue weighted by Crippen LogP contribution is 2.28. The highest BCUT2D eigenvalue weighted by Gasteiger charge is 2.14. The monoisotopic (exact) mass is 257 g/mol. The Hall–Kier alpha value is -2.69. The van der Waals surface area contributed by atoms with Gasteiger partial charge < -0.3 is 5.11 Å². The van der Waals surface area contributed by atoms with Crippen molar-refractivity contribution >= 4 is 11.7 Å². The van der Waals surface area contributed by atoms with Crippen LogP contribution in [0.25, 0.3) is 11.1 Å². The lowest BCUT2D eigenvalue weighted by molar-refractivity contribution is -0.385. The summed E-state index contributed by atoms with van der Waals surface area (Å²) in [7, 11) is 0. The van der Waals surface area contributed by atoms with Crippen LogP contribution in [0.3, 0.4) is 0 Å². The van der Waals surface area contributed by atoms with Gasteiger partial charge in [-0.05, 0) is 36.2 Å². The summed E-state index contributed by atoms with van der Waals surface area (Å²) in [6, 6.07) is 11.2. The van der Waals surface area contributed by atoms with Crippen LogP contribution in [0.1, 0.15) is 15.9 Å². The molecule has 5 heteroatoms. The fourth-order valence-electron chi connectivity index (χ4n) is 1.95. The van der Waals surface area contributed by atoms with Crippen molar-refractivity contribution in [1.29, 1.82) is 0 Å². The lowest BCUT2D eigenvalue weighted by Gasteiger charge is -2.07. The van der Waals surface area contributed by atoms with Gasteiger partial charge in [0.25, 0.3) is 5.69 Å². The van der Waals surface area contributed by atoms with E-state index in [-0.39, 0.29) is 11.3 Å². The molecule has 0 radical (unpaired) electrons. The van der Waals surface area contributed by atoms with Crippen LogP contribution in [0, 0.1) is 17.0 Å². The summed E-state index contributed by atoms with van der Waals surface area (Å²) in [4.78, 5) is 21.4. The molecule has 0 atom stereocenters. The average Bonchev–Trinajstić information content (AvgIpc) is 2.38. The number of nitro groups is 1. The molecule has 5 nitrogen and oxygen atoms in total. The van der Waals surface area contributed by atoms with Gasteiger partial charge in [-0.25, -0.2) is 4.79 Å². The van der Waals surface area contributed by atoms with E-state index in [1.54, 1.807) is 37.3 Å². The zero-order valence-electron chi connectivity index (χ0n) is 10.2. The van der Waals surface area contributed by atoms with Gasteiger partial charge in [-0.15, -0.1) is 0 Å². The number of benzene rings is 2. The Bertz CT molecular complexity index is 664. The number of carboxylic acid groups (broad SMARTS) is 1. The first kappa shape index (κ1) is 12.8. The molecule has 1 N–H and O–H groups in total. The molecule has 2 rings (SSSR count). The normalized spacial score (nSPS) is 10.2. The fourth-order valence-corrected chi connectivity index (χ4v) is 1.95. The third-order valence-electron chi connectivity index (χ3n) is 2.86. The van der Waals surface area contributed by atoms with Gasteiger partial charge in [0, 0.05) is 11.6 Å². The summed E-state index contributed by atoms with van der Waals surface area (Å²) in [5.41, 5.74) is 1.91. The lowest BCUT2D eigenvalue weighted by atomic mass is 9.98. The number of aromatic carboxylic acids is 1. The summed E-state index contributed by atoms with van der Waals surface area (Å²) in [6.45, 7) is 1.63. The summed E-state index contributed by atoms with van der Waals surface area (Å²) in [6.07, 6.45) is 0. The molecular formula is C14H11NO4. The highest BCUT2D eigenvalue weighted by molar-refractivity contribution is 5.96. The first-order chi connectivity index (χ1) is 9.00. The quantitative estimate of drug-likeness (QED) is 0.675. The molecule has 0 saturated carbocycles. The summed E-state index contributed by atoms with van der Waals surface area (Å²) >= 11 is 0. The molecule has 0 spiro atoms. The number of nitrogens with zero attached hydrogens (tertiary/aromatic N) is 1. The topological polar surface area (TPSA) is 80.4 Å². The van der Waals surface area contributed by atoms with Crippen molar-refractivity contribution in [3.05, 3.63) is 63.7 Å². The van der Waals surface area contributed by atoms with Gasteiger partial charge >= 0.3 is 5.97 Å². The average molecular weight is 257 g/mol. The molecule has 0 bridgehead atoms. The second-order valence-corrected chi connectivity index (χ2v) is 4.11. The summed E-state index contributed by atoms with van der Waals surface area (Å²) in [5, 5.41) is 19.9. The minimum Gasteiger partial charge on any atom is -0.478 e. The zero-order valence-corrected chi connectivity index (χ0v) is 10.2. The molecule has 0 fully saturated rings.